The van der Waals surface area contributed by atoms with Crippen molar-refractivity contribution in [2.45, 2.75) is 24.3 Å². The van der Waals surface area contributed by atoms with Crippen LogP contribution >= 0.6 is 23.4 Å². The van der Waals surface area contributed by atoms with E-state index in [4.69, 9.17) is 16.9 Å². The third kappa shape index (κ3) is 4.39. The van der Waals surface area contributed by atoms with Crippen molar-refractivity contribution in [1.29, 1.82) is 5.26 Å². The normalized spacial score (nSPS) is 12.9. The summed E-state index contributed by atoms with van der Waals surface area (Å²) in [4.78, 5) is -0.0484. The Labute approximate surface area is 123 Å². The first-order chi connectivity index (χ1) is 8.94. The van der Waals surface area contributed by atoms with Crippen molar-refractivity contribution in [3.8, 4) is 6.07 Å². The van der Waals surface area contributed by atoms with Crippen molar-refractivity contribution in [1.82, 2.24) is 4.72 Å². The molecular weight excluding hydrogens is 304 g/mol. The Morgan fingerprint density at radius 3 is 2.74 bits per heavy atom. The van der Waals surface area contributed by atoms with E-state index in [0.29, 0.717) is 12.2 Å². The van der Waals surface area contributed by atoms with Gasteiger partial charge in [-0.05, 0) is 30.9 Å². The molecule has 1 aromatic rings. The molecule has 104 valence electrons. The van der Waals surface area contributed by atoms with Crippen molar-refractivity contribution in [3.63, 3.8) is 0 Å². The second-order valence-electron chi connectivity index (χ2n) is 3.94. The Morgan fingerprint density at radius 2 is 2.21 bits per heavy atom. The largest absolute Gasteiger partial charge is 0.242 e. The summed E-state index contributed by atoms with van der Waals surface area (Å²) in [6.07, 6.45) is 2.61. The van der Waals surface area contributed by atoms with Crippen LogP contribution in [0.3, 0.4) is 0 Å². The minimum atomic E-state index is -3.70. The highest BCUT2D eigenvalue weighted by atomic mass is 35.5. The van der Waals surface area contributed by atoms with Gasteiger partial charge in [0.2, 0.25) is 10.0 Å². The van der Waals surface area contributed by atoms with Crippen LogP contribution in [0.4, 0.5) is 0 Å². The third-order valence-electron chi connectivity index (χ3n) is 2.53. The summed E-state index contributed by atoms with van der Waals surface area (Å²) < 4.78 is 27.1. The molecule has 1 aromatic carbocycles. The number of sulfonamides is 1. The van der Waals surface area contributed by atoms with Crippen LogP contribution in [-0.2, 0) is 10.0 Å². The van der Waals surface area contributed by atoms with Gasteiger partial charge >= 0.3 is 0 Å². The number of benzene rings is 1. The fourth-order valence-electron chi connectivity index (χ4n) is 1.50. The maximum atomic E-state index is 12.3. The standard InChI is InChI=1S/C12H15ClN2O2S2/c1-3-10(8-18-2)15-19(16,17)12-6-9(7-14)4-5-11(12)13/h4-6,10,15H,3,8H2,1-2H3. The van der Waals surface area contributed by atoms with Gasteiger partial charge in [0.05, 0.1) is 16.7 Å². The van der Waals surface area contributed by atoms with Crippen molar-refractivity contribution >= 4 is 33.4 Å². The fraction of sp³-hybridized carbons (Fsp3) is 0.417. The van der Waals surface area contributed by atoms with Crippen molar-refractivity contribution in [3.05, 3.63) is 28.8 Å². The molecule has 4 nitrogen and oxygen atoms in total. The summed E-state index contributed by atoms with van der Waals surface area (Å²) in [5.41, 5.74) is 0.266. The van der Waals surface area contributed by atoms with Gasteiger partial charge in [-0.3, -0.25) is 0 Å². The molecule has 0 bridgehead atoms. The molecule has 1 rings (SSSR count). The second-order valence-corrected chi connectivity index (χ2v) is 6.94. The Morgan fingerprint density at radius 1 is 1.53 bits per heavy atom. The average molecular weight is 319 g/mol. The van der Waals surface area contributed by atoms with E-state index in [1.807, 2.05) is 19.2 Å². The van der Waals surface area contributed by atoms with E-state index in [9.17, 15) is 8.42 Å². The first-order valence-corrected chi connectivity index (χ1v) is 8.91. The Balaban J connectivity index is 3.10. The highest BCUT2D eigenvalue weighted by Gasteiger charge is 2.21. The van der Waals surface area contributed by atoms with Crippen LogP contribution in [0.5, 0.6) is 0 Å². The summed E-state index contributed by atoms with van der Waals surface area (Å²) in [5.74, 6) is 0.686. The van der Waals surface area contributed by atoms with Crippen LogP contribution in [0.15, 0.2) is 23.1 Å². The molecule has 0 spiro atoms. The van der Waals surface area contributed by atoms with Crippen LogP contribution in [-0.4, -0.2) is 26.5 Å². The molecule has 0 heterocycles. The molecule has 1 atom stereocenters. The molecule has 0 aliphatic carbocycles. The maximum Gasteiger partial charge on any atom is 0.242 e. The first-order valence-electron chi connectivity index (χ1n) is 5.65. The number of nitrogens with zero attached hydrogens (tertiary/aromatic N) is 1. The SMILES string of the molecule is CCC(CSC)NS(=O)(=O)c1cc(C#N)ccc1Cl. The van der Waals surface area contributed by atoms with Crippen LogP contribution in [0.25, 0.3) is 0 Å². The summed E-state index contributed by atoms with van der Waals surface area (Å²) in [6, 6.07) is 5.95. The molecule has 0 saturated carbocycles. The van der Waals surface area contributed by atoms with Gasteiger partial charge in [0.25, 0.3) is 0 Å². The predicted molar refractivity (Wildman–Crippen MR) is 78.9 cm³/mol. The average Bonchev–Trinajstić information content (AvgIpc) is 2.38. The van der Waals surface area contributed by atoms with Crippen molar-refractivity contribution in [2.75, 3.05) is 12.0 Å². The summed E-state index contributed by atoms with van der Waals surface area (Å²) in [5, 5.41) is 8.94. The third-order valence-corrected chi connectivity index (χ3v) is 5.27. The zero-order valence-electron chi connectivity index (χ0n) is 10.7. The molecule has 1 N–H and O–H groups in total. The van der Waals surface area contributed by atoms with E-state index >= 15 is 0 Å². The lowest BCUT2D eigenvalue weighted by molar-refractivity contribution is 0.558. The number of rotatable bonds is 6. The quantitative estimate of drug-likeness (QED) is 0.875. The molecule has 19 heavy (non-hydrogen) atoms. The molecule has 0 saturated heterocycles. The molecule has 0 aliphatic heterocycles. The monoisotopic (exact) mass is 318 g/mol. The van der Waals surface area contributed by atoms with Crippen LogP contribution in [0, 0.1) is 11.3 Å². The minimum absolute atomic E-state index is 0.0484. The van der Waals surface area contributed by atoms with Crippen LogP contribution < -0.4 is 4.72 Å². The van der Waals surface area contributed by atoms with E-state index in [1.54, 1.807) is 11.8 Å². The van der Waals surface area contributed by atoms with E-state index in [1.165, 1.54) is 18.2 Å². The Bertz CT molecular complexity index is 582. The van der Waals surface area contributed by atoms with Gasteiger partial charge in [-0.1, -0.05) is 18.5 Å². The Kier molecular flexibility index (Phi) is 6.14. The Hall–Kier alpha value is -0.740. The molecule has 0 amide bonds. The number of halogens is 1. The van der Waals surface area contributed by atoms with E-state index in [2.05, 4.69) is 4.72 Å². The fourth-order valence-corrected chi connectivity index (χ4v) is 4.17. The molecule has 7 heteroatoms. The topological polar surface area (TPSA) is 70.0 Å². The molecule has 1 unspecified atom stereocenters. The smallest absolute Gasteiger partial charge is 0.207 e. The lowest BCUT2D eigenvalue weighted by Crippen LogP contribution is -2.36. The van der Waals surface area contributed by atoms with Gasteiger partial charge in [0, 0.05) is 11.8 Å². The maximum absolute atomic E-state index is 12.3. The zero-order chi connectivity index (χ0) is 14.5. The molecular formula is C12H15ClN2O2S2. The summed E-state index contributed by atoms with van der Waals surface area (Å²) in [7, 11) is -3.70. The second kappa shape index (κ2) is 7.15. The van der Waals surface area contributed by atoms with Gasteiger partial charge < -0.3 is 0 Å². The van der Waals surface area contributed by atoms with Crippen molar-refractivity contribution < 1.29 is 8.42 Å². The lowest BCUT2D eigenvalue weighted by Gasteiger charge is -2.16. The number of hydrogen-bond acceptors (Lipinski definition) is 4. The van der Waals surface area contributed by atoms with Crippen LogP contribution in [0.1, 0.15) is 18.9 Å². The number of thioether (sulfide) groups is 1. The van der Waals surface area contributed by atoms with Crippen molar-refractivity contribution in [2.24, 2.45) is 0 Å². The van der Waals surface area contributed by atoms with E-state index in [0.717, 1.165) is 0 Å². The highest BCUT2D eigenvalue weighted by Crippen LogP contribution is 2.23. The summed E-state index contributed by atoms with van der Waals surface area (Å²) >= 11 is 7.48. The molecule has 0 fully saturated rings. The van der Waals surface area contributed by atoms with Gasteiger partial charge in [-0.2, -0.15) is 17.0 Å². The van der Waals surface area contributed by atoms with E-state index in [-0.39, 0.29) is 21.5 Å². The van der Waals surface area contributed by atoms with E-state index < -0.39 is 10.0 Å². The number of hydrogen-bond donors (Lipinski definition) is 1. The van der Waals surface area contributed by atoms with Gasteiger partial charge in [-0.15, -0.1) is 0 Å². The minimum Gasteiger partial charge on any atom is -0.207 e. The zero-order valence-corrected chi connectivity index (χ0v) is 13.1. The van der Waals surface area contributed by atoms with Gasteiger partial charge in [0.15, 0.2) is 0 Å². The molecule has 0 aromatic heterocycles. The molecule has 0 radical (unpaired) electrons. The lowest BCUT2D eigenvalue weighted by atomic mass is 10.2. The number of nitriles is 1. The van der Waals surface area contributed by atoms with Crippen LogP contribution in [0.2, 0.25) is 5.02 Å². The van der Waals surface area contributed by atoms with Gasteiger partial charge in [-0.25, -0.2) is 13.1 Å². The molecule has 0 aliphatic rings. The van der Waals surface area contributed by atoms with Gasteiger partial charge in [0.1, 0.15) is 4.90 Å². The summed E-state index contributed by atoms with van der Waals surface area (Å²) in [6.45, 7) is 1.91. The first kappa shape index (κ1) is 16.3. The predicted octanol–water partition coefficient (Wildman–Crippen LogP) is 2.63. The highest BCUT2D eigenvalue weighted by molar-refractivity contribution is 7.98. The number of nitrogens with one attached hydrogen (secondary N) is 1.